The third-order valence-electron chi connectivity index (χ3n) is 5.66. The van der Waals surface area contributed by atoms with Crippen LogP contribution in [0.1, 0.15) is 42.5 Å². The molecule has 1 amide bonds. The smallest absolute Gasteiger partial charge is 0.319 e. The fourth-order valence-corrected chi connectivity index (χ4v) is 4.02. The van der Waals surface area contributed by atoms with Crippen LogP contribution >= 0.6 is 0 Å². The summed E-state index contributed by atoms with van der Waals surface area (Å²) < 4.78 is 27.2. The maximum absolute atomic E-state index is 13.2. The summed E-state index contributed by atoms with van der Waals surface area (Å²) in [6.07, 6.45) is 1.85. The molecular weight excluding hydrogens is 326 g/mol. The fraction of sp³-hybridized carbons (Fsp3) is 0.722. The maximum Gasteiger partial charge on any atom is 0.319 e. The number of amides is 1. The molecule has 0 spiro atoms. The van der Waals surface area contributed by atoms with E-state index in [0.29, 0.717) is 24.8 Å². The summed E-state index contributed by atoms with van der Waals surface area (Å²) in [6.45, 7) is 7.89. The van der Waals surface area contributed by atoms with Crippen LogP contribution in [0.3, 0.4) is 0 Å². The number of piperidine rings is 1. The predicted octanol–water partition coefficient (Wildman–Crippen LogP) is 2.43. The van der Waals surface area contributed by atoms with Gasteiger partial charge in [0.15, 0.2) is 0 Å². The monoisotopic (exact) mass is 354 g/mol. The molecule has 25 heavy (non-hydrogen) atoms. The van der Waals surface area contributed by atoms with Gasteiger partial charge >= 0.3 is 6.55 Å². The number of carbonyl (C=O) groups is 1. The lowest BCUT2D eigenvalue weighted by Gasteiger charge is -2.42. The fourth-order valence-electron chi connectivity index (χ4n) is 4.02. The Balaban J connectivity index is 1.57. The summed E-state index contributed by atoms with van der Waals surface area (Å²) in [7, 11) is 0. The standard InChI is InChI=1S/C18H28F2N4O/c1-3-21-10-12-22(13-11-21)15-6-8-23(9-7-15)17(25)16-5-4-14(2)24(16)18(19)20/h4-5,15,18H,3,6-13H2,1-2H3. The summed E-state index contributed by atoms with van der Waals surface area (Å²) in [5.74, 6) is -0.275. The normalized spacial score (nSPS) is 21.2. The lowest BCUT2D eigenvalue weighted by Crippen LogP contribution is -2.53. The first-order chi connectivity index (χ1) is 12.0. The SMILES string of the molecule is CCN1CCN(C2CCN(C(=O)c3ccc(C)n3C(F)F)CC2)CC1. The van der Waals surface area contributed by atoms with Gasteiger partial charge in [-0.2, -0.15) is 8.78 Å². The number of likely N-dealkylation sites (N-methyl/N-ethyl adjacent to an activating group) is 1. The van der Waals surface area contributed by atoms with Crippen LogP contribution in [-0.2, 0) is 0 Å². The number of aryl methyl sites for hydroxylation is 1. The zero-order valence-electron chi connectivity index (χ0n) is 15.1. The Kier molecular flexibility index (Phi) is 5.74. The highest BCUT2D eigenvalue weighted by molar-refractivity contribution is 5.93. The van der Waals surface area contributed by atoms with Crippen molar-refractivity contribution < 1.29 is 13.6 Å². The van der Waals surface area contributed by atoms with E-state index >= 15 is 0 Å². The number of nitrogens with zero attached hydrogens (tertiary/aromatic N) is 4. The molecule has 0 unspecified atom stereocenters. The number of aromatic nitrogens is 1. The molecule has 0 saturated carbocycles. The average Bonchev–Trinajstić information content (AvgIpc) is 3.03. The van der Waals surface area contributed by atoms with Crippen molar-refractivity contribution in [3.63, 3.8) is 0 Å². The molecule has 5 nitrogen and oxygen atoms in total. The molecule has 0 aromatic carbocycles. The number of halogens is 2. The first kappa shape index (κ1) is 18.3. The molecule has 2 saturated heterocycles. The first-order valence-electron chi connectivity index (χ1n) is 9.23. The molecule has 2 aliphatic heterocycles. The Labute approximate surface area is 148 Å². The van der Waals surface area contributed by atoms with Gasteiger partial charge in [-0.15, -0.1) is 0 Å². The quantitative estimate of drug-likeness (QED) is 0.832. The highest BCUT2D eigenvalue weighted by atomic mass is 19.3. The van der Waals surface area contributed by atoms with Crippen LogP contribution in [0.25, 0.3) is 0 Å². The van der Waals surface area contributed by atoms with Crippen molar-refractivity contribution in [3.8, 4) is 0 Å². The predicted molar refractivity (Wildman–Crippen MR) is 93.0 cm³/mol. The zero-order valence-corrected chi connectivity index (χ0v) is 15.1. The first-order valence-corrected chi connectivity index (χ1v) is 9.23. The number of hydrogen-bond donors (Lipinski definition) is 0. The third-order valence-corrected chi connectivity index (χ3v) is 5.66. The largest absolute Gasteiger partial charge is 0.337 e. The number of rotatable bonds is 4. The number of hydrogen-bond acceptors (Lipinski definition) is 3. The minimum Gasteiger partial charge on any atom is -0.337 e. The summed E-state index contributed by atoms with van der Waals surface area (Å²) in [4.78, 5) is 19.4. The molecule has 7 heteroatoms. The topological polar surface area (TPSA) is 31.7 Å². The second-order valence-electron chi connectivity index (χ2n) is 7.00. The van der Waals surface area contributed by atoms with E-state index in [1.165, 1.54) is 6.07 Å². The van der Waals surface area contributed by atoms with E-state index in [1.54, 1.807) is 17.9 Å². The van der Waals surface area contributed by atoms with Crippen molar-refractivity contribution in [2.24, 2.45) is 0 Å². The highest BCUT2D eigenvalue weighted by Gasteiger charge is 2.30. The van der Waals surface area contributed by atoms with Crippen molar-refractivity contribution in [3.05, 3.63) is 23.5 Å². The summed E-state index contributed by atoms with van der Waals surface area (Å²) >= 11 is 0. The van der Waals surface area contributed by atoms with E-state index < -0.39 is 6.55 Å². The Morgan fingerprint density at radius 1 is 1.12 bits per heavy atom. The molecule has 2 aliphatic rings. The summed E-state index contributed by atoms with van der Waals surface area (Å²) in [5.41, 5.74) is 0.518. The van der Waals surface area contributed by atoms with Crippen LogP contribution in [-0.4, -0.2) is 77.0 Å². The van der Waals surface area contributed by atoms with E-state index in [0.717, 1.165) is 50.1 Å². The van der Waals surface area contributed by atoms with Gasteiger partial charge in [0.05, 0.1) is 0 Å². The van der Waals surface area contributed by atoms with Crippen LogP contribution in [0.2, 0.25) is 0 Å². The van der Waals surface area contributed by atoms with Crippen molar-refractivity contribution in [1.82, 2.24) is 19.3 Å². The minimum absolute atomic E-state index is 0.0995. The number of likely N-dealkylation sites (tertiary alicyclic amines) is 1. The summed E-state index contributed by atoms with van der Waals surface area (Å²) in [5, 5.41) is 0. The van der Waals surface area contributed by atoms with Gasteiger partial charge in [-0.1, -0.05) is 6.92 Å². The molecule has 0 bridgehead atoms. The molecule has 0 N–H and O–H groups in total. The maximum atomic E-state index is 13.2. The van der Waals surface area contributed by atoms with Crippen molar-refractivity contribution >= 4 is 5.91 Å². The molecular formula is C18H28F2N4O. The molecule has 0 atom stereocenters. The van der Waals surface area contributed by atoms with Crippen LogP contribution in [0.4, 0.5) is 8.78 Å². The van der Waals surface area contributed by atoms with Gasteiger partial charge in [0, 0.05) is 51.0 Å². The van der Waals surface area contributed by atoms with Crippen molar-refractivity contribution in [1.29, 1.82) is 0 Å². The Morgan fingerprint density at radius 2 is 1.76 bits per heavy atom. The molecule has 3 rings (SSSR count). The van der Waals surface area contributed by atoms with Crippen molar-refractivity contribution in [2.45, 2.75) is 39.3 Å². The van der Waals surface area contributed by atoms with E-state index in [2.05, 4.69) is 16.7 Å². The van der Waals surface area contributed by atoms with Crippen LogP contribution < -0.4 is 0 Å². The molecule has 1 aromatic rings. The Hall–Kier alpha value is -1.47. The molecule has 1 aromatic heterocycles. The van der Waals surface area contributed by atoms with E-state index in [1.807, 2.05) is 0 Å². The minimum atomic E-state index is -2.68. The average molecular weight is 354 g/mol. The number of carbonyl (C=O) groups excluding carboxylic acids is 1. The second-order valence-corrected chi connectivity index (χ2v) is 7.00. The Bertz CT molecular complexity index is 588. The van der Waals surface area contributed by atoms with Gasteiger partial charge in [0.1, 0.15) is 5.69 Å². The van der Waals surface area contributed by atoms with Gasteiger partial charge in [-0.25, -0.2) is 0 Å². The Morgan fingerprint density at radius 3 is 2.32 bits per heavy atom. The molecule has 3 heterocycles. The van der Waals surface area contributed by atoms with Gasteiger partial charge in [-0.3, -0.25) is 14.3 Å². The van der Waals surface area contributed by atoms with E-state index in [4.69, 9.17) is 0 Å². The molecule has 0 aliphatic carbocycles. The molecule has 2 fully saturated rings. The van der Waals surface area contributed by atoms with Crippen LogP contribution in [0, 0.1) is 6.92 Å². The van der Waals surface area contributed by atoms with Gasteiger partial charge in [0.25, 0.3) is 5.91 Å². The van der Waals surface area contributed by atoms with Gasteiger partial charge < -0.3 is 9.80 Å². The molecule has 0 radical (unpaired) electrons. The van der Waals surface area contributed by atoms with Crippen LogP contribution in [0.15, 0.2) is 12.1 Å². The van der Waals surface area contributed by atoms with E-state index in [9.17, 15) is 13.6 Å². The lowest BCUT2D eigenvalue weighted by molar-refractivity contribution is 0.0420. The van der Waals surface area contributed by atoms with Gasteiger partial charge in [0.2, 0.25) is 0 Å². The highest BCUT2D eigenvalue weighted by Crippen LogP contribution is 2.23. The summed E-state index contributed by atoms with van der Waals surface area (Å²) in [6, 6.07) is 3.60. The second kappa shape index (κ2) is 7.83. The van der Waals surface area contributed by atoms with Crippen molar-refractivity contribution in [2.75, 3.05) is 45.8 Å². The van der Waals surface area contributed by atoms with Crippen LogP contribution in [0.5, 0.6) is 0 Å². The third kappa shape index (κ3) is 3.87. The van der Waals surface area contributed by atoms with E-state index in [-0.39, 0.29) is 11.6 Å². The van der Waals surface area contributed by atoms with Gasteiger partial charge in [-0.05, 0) is 38.4 Å². The number of piperazine rings is 1. The zero-order chi connectivity index (χ0) is 18.0. The number of alkyl halides is 2. The molecule has 140 valence electrons. The lowest BCUT2D eigenvalue weighted by atomic mass is 10.0.